The molecule has 3 aromatic rings. The SMILES string of the molecule is CC(=O)OC[C@]1(CO[Si](c2ccccc2)(c2ccccc2)C(C)(C)C)CCc2ccccc2C1=O. The van der Waals surface area contributed by atoms with E-state index in [1.807, 2.05) is 60.7 Å². The van der Waals surface area contributed by atoms with Gasteiger partial charge in [-0.05, 0) is 33.8 Å². The maximum atomic E-state index is 13.9. The van der Waals surface area contributed by atoms with Crippen LogP contribution in [0.15, 0.2) is 84.9 Å². The third-order valence-corrected chi connectivity index (χ3v) is 12.1. The van der Waals surface area contributed by atoms with Gasteiger partial charge in [0.15, 0.2) is 5.78 Å². The van der Waals surface area contributed by atoms with Crippen LogP contribution in [0.25, 0.3) is 0 Å². The fraction of sp³-hybridized carbons (Fsp3) is 0.333. The molecule has 3 aromatic carbocycles. The number of Topliss-reactive ketones (excluding diaryl/α,β-unsaturated/α-hetero) is 1. The zero-order valence-corrected chi connectivity index (χ0v) is 22.0. The minimum absolute atomic E-state index is 0.00136. The fourth-order valence-corrected chi connectivity index (χ4v) is 9.95. The van der Waals surface area contributed by atoms with Gasteiger partial charge in [-0.3, -0.25) is 9.59 Å². The molecule has 5 heteroatoms. The Morgan fingerprint density at radius 3 is 1.94 bits per heavy atom. The van der Waals surface area contributed by atoms with Gasteiger partial charge in [0.2, 0.25) is 0 Å². The van der Waals surface area contributed by atoms with Crippen LogP contribution in [0.3, 0.4) is 0 Å². The summed E-state index contributed by atoms with van der Waals surface area (Å²) >= 11 is 0. The smallest absolute Gasteiger partial charge is 0.302 e. The van der Waals surface area contributed by atoms with E-state index in [1.54, 1.807) is 0 Å². The Kier molecular flexibility index (Phi) is 7.11. The van der Waals surface area contributed by atoms with Crippen LogP contribution in [0.5, 0.6) is 0 Å². The second-order valence-electron chi connectivity index (χ2n) is 10.5. The molecule has 0 aliphatic heterocycles. The van der Waals surface area contributed by atoms with Crippen molar-refractivity contribution in [1.82, 2.24) is 0 Å². The van der Waals surface area contributed by atoms with E-state index in [2.05, 4.69) is 45.0 Å². The Labute approximate surface area is 209 Å². The van der Waals surface area contributed by atoms with Crippen molar-refractivity contribution in [2.75, 3.05) is 13.2 Å². The van der Waals surface area contributed by atoms with Gasteiger partial charge in [0.1, 0.15) is 6.61 Å². The van der Waals surface area contributed by atoms with Gasteiger partial charge >= 0.3 is 5.97 Å². The molecule has 182 valence electrons. The number of hydrogen-bond donors (Lipinski definition) is 0. The number of esters is 1. The van der Waals surface area contributed by atoms with Crippen LogP contribution in [0.1, 0.15) is 50.0 Å². The summed E-state index contributed by atoms with van der Waals surface area (Å²) in [6.07, 6.45) is 1.32. The predicted octanol–water partition coefficient (Wildman–Crippen LogP) is 4.94. The Bertz CT molecular complexity index is 1140. The van der Waals surface area contributed by atoms with Crippen LogP contribution < -0.4 is 10.4 Å². The lowest BCUT2D eigenvalue weighted by Gasteiger charge is -2.46. The molecule has 35 heavy (non-hydrogen) atoms. The molecule has 1 atom stereocenters. The van der Waals surface area contributed by atoms with Gasteiger partial charge in [-0.1, -0.05) is 106 Å². The molecule has 0 spiro atoms. The van der Waals surface area contributed by atoms with Crippen LogP contribution in [-0.2, 0) is 20.4 Å². The first-order valence-corrected chi connectivity index (χ1v) is 14.1. The number of fused-ring (bicyclic) bond motifs is 1. The second kappa shape index (κ2) is 9.92. The Hall–Kier alpha value is -3.02. The van der Waals surface area contributed by atoms with Crippen molar-refractivity contribution in [2.24, 2.45) is 5.41 Å². The van der Waals surface area contributed by atoms with Crippen LogP contribution in [-0.4, -0.2) is 33.3 Å². The van der Waals surface area contributed by atoms with E-state index in [0.717, 1.165) is 22.4 Å². The van der Waals surface area contributed by atoms with E-state index in [0.29, 0.717) is 12.0 Å². The van der Waals surface area contributed by atoms with Gasteiger partial charge in [0.25, 0.3) is 8.32 Å². The molecule has 4 rings (SSSR count). The first-order valence-electron chi connectivity index (χ1n) is 12.2. The summed E-state index contributed by atoms with van der Waals surface area (Å²) in [6, 6.07) is 28.5. The van der Waals surface area contributed by atoms with Crippen molar-refractivity contribution in [2.45, 2.75) is 45.6 Å². The monoisotopic (exact) mass is 486 g/mol. The van der Waals surface area contributed by atoms with Crippen molar-refractivity contribution in [3.05, 3.63) is 96.1 Å². The average molecular weight is 487 g/mol. The quantitative estimate of drug-likeness (QED) is 0.351. The van der Waals surface area contributed by atoms with Crippen molar-refractivity contribution in [3.8, 4) is 0 Å². The average Bonchev–Trinajstić information content (AvgIpc) is 2.85. The summed E-state index contributed by atoms with van der Waals surface area (Å²) in [5, 5.41) is 2.10. The highest BCUT2D eigenvalue weighted by molar-refractivity contribution is 6.99. The number of rotatable bonds is 7. The van der Waals surface area contributed by atoms with Gasteiger partial charge in [-0.15, -0.1) is 0 Å². The summed E-state index contributed by atoms with van der Waals surface area (Å²) in [5.41, 5.74) is 0.825. The third-order valence-electron chi connectivity index (χ3n) is 7.15. The van der Waals surface area contributed by atoms with Crippen molar-refractivity contribution < 1.29 is 18.8 Å². The van der Waals surface area contributed by atoms with Gasteiger partial charge in [0.05, 0.1) is 12.0 Å². The first-order chi connectivity index (χ1) is 16.7. The molecule has 0 heterocycles. The van der Waals surface area contributed by atoms with Crippen LogP contribution in [0.4, 0.5) is 0 Å². The van der Waals surface area contributed by atoms with Gasteiger partial charge < -0.3 is 9.16 Å². The number of benzene rings is 3. The number of hydrogen-bond acceptors (Lipinski definition) is 4. The van der Waals surface area contributed by atoms with E-state index >= 15 is 0 Å². The number of ketones is 1. The second-order valence-corrected chi connectivity index (χ2v) is 14.8. The van der Waals surface area contributed by atoms with Gasteiger partial charge in [-0.25, -0.2) is 0 Å². The molecule has 4 nitrogen and oxygen atoms in total. The summed E-state index contributed by atoms with van der Waals surface area (Å²) in [7, 11) is -2.85. The minimum atomic E-state index is -2.85. The largest absolute Gasteiger partial charge is 0.465 e. The fourth-order valence-electron chi connectivity index (χ4n) is 5.30. The van der Waals surface area contributed by atoms with Crippen molar-refractivity contribution in [1.29, 1.82) is 0 Å². The highest BCUT2D eigenvalue weighted by Gasteiger charge is 2.53. The molecule has 0 fully saturated rings. The molecule has 0 aromatic heterocycles. The number of aryl methyl sites for hydroxylation is 1. The summed E-state index contributed by atoms with van der Waals surface area (Å²) in [6.45, 7) is 8.26. The lowest BCUT2D eigenvalue weighted by molar-refractivity contribution is -0.144. The highest BCUT2D eigenvalue weighted by Crippen LogP contribution is 2.41. The topological polar surface area (TPSA) is 52.6 Å². The number of ether oxygens (including phenoxy) is 1. The Balaban J connectivity index is 1.81. The standard InChI is InChI=1S/C30H34O4Si/c1-23(31)33-21-30(20-19-24-13-11-12-18-27(24)28(30)32)22-34-35(29(2,3)4,25-14-7-5-8-15-25)26-16-9-6-10-17-26/h5-18H,19-22H2,1-4H3/t30-/m0/s1. The Morgan fingerprint density at radius 1 is 0.857 bits per heavy atom. The lowest BCUT2D eigenvalue weighted by atomic mass is 9.71. The maximum absolute atomic E-state index is 13.9. The van der Waals surface area contributed by atoms with E-state index in [9.17, 15) is 9.59 Å². The highest BCUT2D eigenvalue weighted by atomic mass is 28.4. The van der Waals surface area contributed by atoms with Crippen LogP contribution in [0.2, 0.25) is 5.04 Å². The van der Waals surface area contributed by atoms with Crippen molar-refractivity contribution in [3.63, 3.8) is 0 Å². The predicted molar refractivity (Wildman–Crippen MR) is 142 cm³/mol. The molecule has 0 bridgehead atoms. The molecule has 0 unspecified atom stereocenters. The van der Waals surface area contributed by atoms with E-state index < -0.39 is 13.7 Å². The van der Waals surface area contributed by atoms with E-state index in [-0.39, 0.29) is 30.0 Å². The molecular formula is C30H34O4Si. The first kappa shape index (κ1) is 25.1. The number of carbonyl (C=O) groups is 2. The van der Waals surface area contributed by atoms with E-state index in [4.69, 9.17) is 9.16 Å². The third kappa shape index (κ3) is 4.75. The molecular weight excluding hydrogens is 452 g/mol. The zero-order chi connectivity index (χ0) is 25.1. The zero-order valence-electron chi connectivity index (χ0n) is 21.0. The van der Waals surface area contributed by atoms with Crippen LogP contribution >= 0.6 is 0 Å². The molecule has 0 saturated heterocycles. The molecule has 0 radical (unpaired) electrons. The lowest BCUT2D eigenvalue weighted by Crippen LogP contribution is -2.67. The molecule has 1 aliphatic rings. The Morgan fingerprint density at radius 2 is 1.40 bits per heavy atom. The van der Waals surface area contributed by atoms with Crippen LogP contribution in [0, 0.1) is 5.41 Å². The minimum Gasteiger partial charge on any atom is -0.465 e. The van der Waals surface area contributed by atoms with Gasteiger partial charge in [-0.2, -0.15) is 0 Å². The summed E-state index contributed by atoms with van der Waals surface area (Å²) in [4.78, 5) is 25.8. The van der Waals surface area contributed by atoms with E-state index in [1.165, 1.54) is 6.92 Å². The maximum Gasteiger partial charge on any atom is 0.302 e. The molecule has 1 aliphatic carbocycles. The normalized spacial score (nSPS) is 18.1. The number of carbonyl (C=O) groups excluding carboxylic acids is 2. The summed E-state index contributed by atoms with van der Waals surface area (Å²) in [5.74, 6) is -0.389. The molecule has 0 saturated carbocycles. The van der Waals surface area contributed by atoms with Gasteiger partial charge in [0, 0.05) is 12.5 Å². The summed E-state index contributed by atoms with van der Waals surface area (Å²) < 4.78 is 12.7. The van der Waals surface area contributed by atoms with Crippen molar-refractivity contribution >= 4 is 30.4 Å². The molecule has 0 amide bonds. The molecule has 0 N–H and O–H groups in total.